The van der Waals surface area contributed by atoms with Crippen molar-refractivity contribution < 1.29 is 0 Å². The van der Waals surface area contributed by atoms with Gasteiger partial charge in [-0.1, -0.05) is 17.7 Å². The molecule has 0 saturated carbocycles. The van der Waals surface area contributed by atoms with Gasteiger partial charge in [-0.2, -0.15) is 0 Å². The van der Waals surface area contributed by atoms with E-state index in [1.807, 2.05) is 18.2 Å². The number of halogens is 1. The molecule has 0 unspecified atom stereocenters. The van der Waals surface area contributed by atoms with Crippen LogP contribution in [0.15, 0.2) is 46.9 Å². The van der Waals surface area contributed by atoms with Gasteiger partial charge in [0.05, 0.1) is 0 Å². The van der Waals surface area contributed by atoms with Crippen molar-refractivity contribution in [1.82, 2.24) is 15.6 Å². The number of aliphatic imine (C=N–C) groups is 1. The van der Waals surface area contributed by atoms with Crippen molar-refractivity contribution in [3.05, 3.63) is 57.4 Å². The second-order valence-electron chi connectivity index (χ2n) is 5.51. The predicted molar refractivity (Wildman–Crippen MR) is 104 cm³/mol. The van der Waals surface area contributed by atoms with Crippen LogP contribution in [0, 0.1) is 0 Å². The van der Waals surface area contributed by atoms with E-state index in [0.717, 1.165) is 42.4 Å². The van der Waals surface area contributed by atoms with Crippen LogP contribution in [0.1, 0.15) is 10.4 Å². The maximum absolute atomic E-state index is 6.10. The lowest BCUT2D eigenvalue weighted by atomic mass is 10.1. The molecule has 0 aliphatic rings. The largest absolute Gasteiger partial charge is 0.361 e. The Morgan fingerprint density at radius 2 is 2.04 bits per heavy atom. The van der Waals surface area contributed by atoms with Gasteiger partial charge in [0.1, 0.15) is 0 Å². The van der Waals surface area contributed by atoms with Crippen LogP contribution in [0.3, 0.4) is 0 Å². The molecule has 3 N–H and O–H groups in total. The number of aromatic amines is 1. The van der Waals surface area contributed by atoms with Crippen molar-refractivity contribution in [2.45, 2.75) is 12.8 Å². The highest BCUT2D eigenvalue weighted by Gasteiger charge is 2.05. The molecule has 2 aromatic heterocycles. The fraction of sp³-hybridized carbons (Fsp3) is 0.278. The van der Waals surface area contributed by atoms with E-state index in [4.69, 9.17) is 11.6 Å². The molecule has 6 heteroatoms. The fourth-order valence-corrected chi connectivity index (χ4v) is 3.53. The highest BCUT2D eigenvalue weighted by molar-refractivity contribution is 7.09. The van der Waals surface area contributed by atoms with E-state index >= 15 is 0 Å². The zero-order valence-corrected chi connectivity index (χ0v) is 15.2. The number of rotatable bonds is 6. The van der Waals surface area contributed by atoms with Gasteiger partial charge in [0.25, 0.3) is 0 Å². The summed E-state index contributed by atoms with van der Waals surface area (Å²) in [5, 5.41) is 10.8. The summed E-state index contributed by atoms with van der Waals surface area (Å²) in [6, 6.07) is 10.2. The van der Waals surface area contributed by atoms with Crippen molar-refractivity contribution >= 4 is 39.8 Å². The standard InChI is InChI=1S/C18H21ClN4S/c1-20-18(22-9-7-15-3-2-10-24-15)21-8-6-13-12-23-17-5-4-14(19)11-16(13)17/h2-5,10-12,23H,6-9H2,1H3,(H2,20,21,22). The van der Waals surface area contributed by atoms with Gasteiger partial charge in [0.15, 0.2) is 5.96 Å². The van der Waals surface area contributed by atoms with E-state index in [1.165, 1.54) is 15.8 Å². The molecule has 0 bridgehead atoms. The molecule has 0 fully saturated rings. The molecule has 0 radical (unpaired) electrons. The number of thiophene rings is 1. The minimum absolute atomic E-state index is 0.766. The van der Waals surface area contributed by atoms with Gasteiger partial charge in [-0.3, -0.25) is 4.99 Å². The number of nitrogens with zero attached hydrogens (tertiary/aromatic N) is 1. The van der Waals surface area contributed by atoms with E-state index in [-0.39, 0.29) is 0 Å². The van der Waals surface area contributed by atoms with Crippen LogP contribution in [0.2, 0.25) is 5.02 Å². The zero-order chi connectivity index (χ0) is 16.8. The Hall–Kier alpha value is -1.98. The Labute approximate surface area is 151 Å². The average molecular weight is 361 g/mol. The Bertz CT molecular complexity index is 808. The van der Waals surface area contributed by atoms with E-state index in [1.54, 1.807) is 18.4 Å². The number of H-pyrrole nitrogens is 1. The van der Waals surface area contributed by atoms with E-state index < -0.39 is 0 Å². The maximum atomic E-state index is 6.10. The zero-order valence-electron chi connectivity index (χ0n) is 13.6. The fourth-order valence-electron chi connectivity index (χ4n) is 2.65. The second kappa shape index (κ2) is 8.22. The number of benzene rings is 1. The summed E-state index contributed by atoms with van der Waals surface area (Å²) < 4.78 is 0. The third-order valence-electron chi connectivity index (χ3n) is 3.88. The monoisotopic (exact) mass is 360 g/mol. The van der Waals surface area contributed by atoms with Crippen molar-refractivity contribution in [3.8, 4) is 0 Å². The number of hydrogen-bond acceptors (Lipinski definition) is 2. The molecular formula is C18H21ClN4S. The number of guanidine groups is 1. The number of hydrogen-bond donors (Lipinski definition) is 3. The van der Waals surface area contributed by atoms with Crippen molar-refractivity contribution in [2.24, 2.45) is 4.99 Å². The minimum atomic E-state index is 0.766. The molecule has 0 saturated heterocycles. The number of nitrogens with one attached hydrogen (secondary N) is 3. The summed E-state index contributed by atoms with van der Waals surface area (Å²) in [7, 11) is 1.80. The first-order valence-corrected chi connectivity index (χ1v) is 9.24. The lowest BCUT2D eigenvalue weighted by molar-refractivity contribution is 0.789. The normalized spacial score (nSPS) is 11.8. The molecule has 1 aromatic carbocycles. The van der Waals surface area contributed by atoms with Crippen LogP contribution >= 0.6 is 22.9 Å². The van der Waals surface area contributed by atoms with Crippen LogP contribution in [-0.4, -0.2) is 31.1 Å². The van der Waals surface area contributed by atoms with Crippen LogP contribution in [0.5, 0.6) is 0 Å². The van der Waals surface area contributed by atoms with Gasteiger partial charge in [0, 0.05) is 47.1 Å². The summed E-state index contributed by atoms with van der Waals surface area (Å²) in [6.45, 7) is 1.70. The first-order valence-electron chi connectivity index (χ1n) is 7.98. The van der Waals surface area contributed by atoms with E-state index in [2.05, 4.69) is 44.3 Å². The lowest BCUT2D eigenvalue weighted by Gasteiger charge is -2.11. The molecule has 24 heavy (non-hydrogen) atoms. The van der Waals surface area contributed by atoms with E-state index in [0.29, 0.717) is 0 Å². The van der Waals surface area contributed by atoms with Gasteiger partial charge in [-0.05, 0) is 48.1 Å². The summed E-state index contributed by atoms with van der Waals surface area (Å²) in [4.78, 5) is 8.94. The van der Waals surface area contributed by atoms with Crippen LogP contribution in [0.4, 0.5) is 0 Å². The van der Waals surface area contributed by atoms with Crippen molar-refractivity contribution in [2.75, 3.05) is 20.1 Å². The lowest BCUT2D eigenvalue weighted by Crippen LogP contribution is -2.39. The first kappa shape index (κ1) is 16.9. The number of fused-ring (bicyclic) bond motifs is 1. The SMILES string of the molecule is CN=C(NCCc1cccs1)NCCc1c[nH]c2ccc(Cl)cc12. The third kappa shape index (κ3) is 4.30. The maximum Gasteiger partial charge on any atom is 0.190 e. The predicted octanol–water partition coefficient (Wildman–Crippen LogP) is 3.83. The smallest absolute Gasteiger partial charge is 0.190 e. The molecule has 0 spiro atoms. The highest BCUT2D eigenvalue weighted by Crippen LogP contribution is 2.22. The molecule has 126 valence electrons. The second-order valence-corrected chi connectivity index (χ2v) is 6.98. The third-order valence-corrected chi connectivity index (χ3v) is 5.06. The minimum Gasteiger partial charge on any atom is -0.361 e. The Balaban J connectivity index is 1.48. The van der Waals surface area contributed by atoms with Crippen LogP contribution < -0.4 is 10.6 Å². The van der Waals surface area contributed by atoms with Gasteiger partial charge >= 0.3 is 0 Å². The molecule has 3 aromatic rings. The summed E-state index contributed by atoms with van der Waals surface area (Å²) in [6.07, 6.45) is 3.97. The summed E-state index contributed by atoms with van der Waals surface area (Å²) >= 11 is 7.88. The molecule has 3 rings (SSSR count). The van der Waals surface area contributed by atoms with Crippen LogP contribution in [-0.2, 0) is 12.8 Å². The molecule has 4 nitrogen and oxygen atoms in total. The molecule has 2 heterocycles. The van der Waals surface area contributed by atoms with Gasteiger partial charge in [0.2, 0.25) is 0 Å². The summed E-state index contributed by atoms with van der Waals surface area (Å²) in [5.41, 5.74) is 2.38. The topological polar surface area (TPSA) is 52.2 Å². The molecule has 0 amide bonds. The average Bonchev–Trinajstić information content (AvgIpc) is 3.23. The van der Waals surface area contributed by atoms with Gasteiger partial charge in [-0.15, -0.1) is 11.3 Å². The quantitative estimate of drug-likeness (QED) is 0.462. The summed E-state index contributed by atoms with van der Waals surface area (Å²) in [5.74, 6) is 0.837. The molecule has 0 atom stereocenters. The van der Waals surface area contributed by atoms with Crippen LogP contribution in [0.25, 0.3) is 10.9 Å². The molecule has 0 aliphatic heterocycles. The Kier molecular flexibility index (Phi) is 5.77. The molecule has 0 aliphatic carbocycles. The first-order chi connectivity index (χ1) is 11.8. The van der Waals surface area contributed by atoms with Gasteiger partial charge in [-0.25, -0.2) is 0 Å². The highest BCUT2D eigenvalue weighted by atomic mass is 35.5. The van der Waals surface area contributed by atoms with Crippen molar-refractivity contribution in [3.63, 3.8) is 0 Å². The number of aromatic nitrogens is 1. The Morgan fingerprint density at radius 1 is 1.21 bits per heavy atom. The van der Waals surface area contributed by atoms with E-state index in [9.17, 15) is 0 Å². The Morgan fingerprint density at radius 3 is 2.79 bits per heavy atom. The van der Waals surface area contributed by atoms with Gasteiger partial charge < -0.3 is 15.6 Å². The molecular weight excluding hydrogens is 340 g/mol. The van der Waals surface area contributed by atoms with Crippen molar-refractivity contribution in [1.29, 1.82) is 0 Å².